The standard InChI is InChI=1S/C14H24N2O4/c1-14(12(17)18)7-3-4-11(14)15-13(19)16(2)10-5-8-20-9-6-10/h10-11H,3-9H2,1-2H3,(H,15,19)(H,17,18). The Hall–Kier alpha value is -1.30. The number of nitrogens with one attached hydrogen (secondary N) is 1. The van der Waals surface area contributed by atoms with Crippen LogP contribution >= 0.6 is 0 Å². The highest BCUT2D eigenvalue weighted by molar-refractivity contribution is 5.79. The van der Waals surface area contributed by atoms with Gasteiger partial charge in [0.25, 0.3) is 0 Å². The second-order valence-electron chi connectivity index (χ2n) is 6.07. The maximum absolute atomic E-state index is 12.3. The van der Waals surface area contributed by atoms with Gasteiger partial charge in [0, 0.05) is 32.3 Å². The van der Waals surface area contributed by atoms with Crippen LogP contribution in [0.1, 0.15) is 39.0 Å². The molecule has 0 aromatic carbocycles. The van der Waals surface area contributed by atoms with Crippen molar-refractivity contribution in [3.63, 3.8) is 0 Å². The third-order valence-electron chi connectivity index (χ3n) is 4.80. The molecule has 0 bridgehead atoms. The third kappa shape index (κ3) is 2.90. The van der Waals surface area contributed by atoms with Gasteiger partial charge in [0.2, 0.25) is 0 Å². The number of urea groups is 1. The first-order chi connectivity index (χ1) is 9.45. The molecule has 0 aromatic heterocycles. The van der Waals surface area contributed by atoms with Crippen LogP contribution in [0.5, 0.6) is 0 Å². The van der Waals surface area contributed by atoms with Gasteiger partial charge in [-0.25, -0.2) is 4.79 Å². The number of ether oxygens (including phenoxy) is 1. The molecule has 2 atom stereocenters. The number of carbonyl (C=O) groups excluding carboxylic acids is 1. The number of carboxylic acids is 1. The zero-order valence-corrected chi connectivity index (χ0v) is 12.2. The van der Waals surface area contributed by atoms with Crippen LogP contribution in [0.2, 0.25) is 0 Å². The zero-order valence-electron chi connectivity index (χ0n) is 12.2. The SMILES string of the molecule is CN(C(=O)NC1CCCC1(C)C(=O)O)C1CCOCC1. The molecule has 2 fully saturated rings. The fourth-order valence-electron chi connectivity index (χ4n) is 3.14. The average molecular weight is 284 g/mol. The summed E-state index contributed by atoms with van der Waals surface area (Å²) in [4.78, 5) is 25.4. The molecule has 6 nitrogen and oxygen atoms in total. The summed E-state index contributed by atoms with van der Waals surface area (Å²) in [7, 11) is 1.78. The minimum Gasteiger partial charge on any atom is -0.481 e. The third-order valence-corrected chi connectivity index (χ3v) is 4.80. The second-order valence-corrected chi connectivity index (χ2v) is 6.07. The number of carboxylic acid groups (broad SMARTS) is 1. The fourth-order valence-corrected chi connectivity index (χ4v) is 3.14. The molecule has 2 N–H and O–H groups in total. The summed E-state index contributed by atoms with van der Waals surface area (Å²) < 4.78 is 5.29. The number of carbonyl (C=O) groups is 2. The lowest BCUT2D eigenvalue weighted by Crippen LogP contribution is -2.53. The van der Waals surface area contributed by atoms with E-state index in [1.807, 2.05) is 0 Å². The predicted molar refractivity (Wildman–Crippen MR) is 73.5 cm³/mol. The lowest BCUT2D eigenvalue weighted by molar-refractivity contribution is -0.148. The summed E-state index contributed by atoms with van der Waals surface area (Å²) >= 11 is 0. The molecular weight excluding hydrogens is 260 g/mol. The molecule has 1 aliphatic carbocycles. The number of nitrogens with zero attached hydrogens (tertiary/aromatic N) is 1. The van der Waals surface area contributed by atoms with E-state index in [4.69, 9.17) is 4.74 Å². The van der Waals surface area contributed by atoms with E-state index in [-0.39, 0.29) is 18.1 Å². The molecule has 0 radical (unpaired) electrons. The van der Waals surface area contributed by atoms with E-state index in [1.54, 1.807) is 18.9 Å². The number of hydrogen-bond donors (Lipinski definition) is 2. The average Bonchev–Trinajstić information content (AvgIpc) is 2.81. The summed E-state index contributed by atoms with van der Waals surface area (Å²) in [6.45, 7) is 3.08. The van der Waals surface area contributed by atoms with Crippen molar-refractivity contribution < 1.29 is 19.4 Å². The Morgan fingerprint density at radius 3 is 2.55 bits per heavy atom. The molecule has 1 saturated heterocycles. The van der Waals surface area contributed by atoms with Crippen molar-refractivity contribution in [2.45, 2.75) is 51.1 Å². The molecule has 0 aromatic rings. The van der Waals surface area contributed by atoms with Crippen LogP contribution in [0, 0.1) is 5.41 Å². The van der Waals surface area contributed by atoms with Gasteiger partial charge in [0.1, 0.15) is 0 Å². The van der Waals surface area contributed by atoms with Crippen LogP contribution in [0.4, 0.5) is 4.79 Å². The van der Waals surface area contributed by atoms with Crippen LogP contribution in [-0.2, 0) is 9.53 Å². The van der Waals surface area contributed by atoms with E-state index >= 15 is 0 Å². The Balaban J connectivity index is 1.95. The minimum atomic E-state index is -0.841. The van der Waals surface area contributed by atoms with Crippen molar-refractivity contribution in [1.82, 2.24) is 10.2 Å². The van der Waals surface area contributed by atoms with Gasteiger partial charge in [-0.05, 0) is 32.6 Å². The molecule has 2 amide bonds. The zero-order chi connectivity index (χ0) is 14.8. The molecule has 2 unspecified atom stereocenters. The largest absolute Gasteiger partial charge is 0.481 e. The lowest BCUT2D eigenvalue weighted by atomic mass is 9.85. The van der Waals surface area contributed by atoms with E-state index in [9.17, 15) is 14.7 Å². The van der Waals surface area contributed by atoms with Crippen molar-refractivity contribution in [2.24, 2.45) is 5.41 Å². The second kappa shape index (κ2) is 5.99. The Kier molecular flexibility index (Phi) is 4.52. The van der Waals surface area contributed by atoms with Crippen LogP contribution in [0.25, 0.3) is 0 Å². The van der Waals surface area contributed by atoms with Gasteiger partial charge in [-0.15, -0.1) is 0 Å². The number of amides is 2. The molecule has 1 heterocycles. The summed E-state index contributed by atoms with van der Waals surface area (Å²) in [5.41, 5.74) is -0.841. The molecule has 6 heteroatoms. The van der Waals surface area contributed by atoms with Gasteiger partial charge in [-0.3, -0.25) is 4.79 Å². The Bertz CT molecular complexity index is 381. The fraction of sp³-hybridized carbons (Fsp3) is 0.857. The van der Waals surface area contributed by atoms with Crippen molar-refractivity contribution in [2.75, 3.05) is 20.3 Å². The maximum atomic E-state index is 12.3. The Morgan fingerprint density at radius 2 is 1.95 bits per heavy atom. The summed E-state index contributed by atoms with van der Waals surface area (Å²) in [5, 5.41) is 12.3. The van der Waals surface area contributed by atoms with Crippen LogP contribution in [0.15, 0.2) is 0 Å². The maximum Gasteiger partial charge on any atom is 0.317 e. The first kappa shape index (κ1) is 15.1. The molecule has 0 spiro atoms. The summed E-state index contributed by atoms with van der Waals surface area (Å²) in [6.07, 6.45) is 3.87. The minimum absolute atomic E-state index is 0.170. The van der Waals surface area contributed by atoms with Crippen molar-refractivity contribution in [1.29, 1.82) is 0 Å². The molecule has 2 rings (SSSR count). The highest BCUT2D eigenvalue weighted by Gasteiger charge is 2.46. The van der Waals surface area contributed by atoms with Crippen molar-refractivity contribution in [3.8, 4) is 0 Å². The number of hydrogen-bond acceptors (Lipinski definition) is 3. The molecule has 20 heavy (non-hydrogen) atoms. The van der Waals surface area contributed by atoms with E-state index in [1.165, 1.54) is 0 Å². The van der Waals surface area contributed by atoms with E-state index in [0.717, 1.165) is 25.7 Å². The lowest BCUT2D eigenvalue weighted by Gasteiger charge is -2.34. The van der Waals surface area contributed by atoms with Gasteiger partial charge < -0.3 is 20.1 Å². The topological polar surface area (TPSA) is 78.9 Å². The molecular formula is C14H24N2O4. The quantitative estimate of drug-likeness (QED) is 0.822. The van der Waals surface area contributed by atoms with E-state index < -0.39 is 11.4 Å². The predicted octanol–water partition coefficient (Wildman–Crippen LogP) is 1.45. The van der Waals surface area contributed by atoms with E-state index in [0.29, 0.717) is 19.6 Å². The Morgan fingerprint density at radius 1 is 1.30 bits per heavy atom. The van der Waals surface area contributed by atoms with Gasteiger partial charge in [0.15, 0.2) is 0 Å². The van der Waals surface area contributed by atoms with Crippen molar-refractivity contribution in [3.05, 3.63) is 0 Å². The van der Waals surface area contributed by atoms with Crippen LogP contribution in [0.3, 0.4) is 0 Å². The number of aliphatic carboxylic acids is 1. The normalized spacial score (nSPS) is 31.0. The molecule has 114 valence electrons. The van der Waals surface area contributed by atoms with Gasteiger partial charge in [0.05, 0.1) is 5.41 Å². The monoisotopic (exact) mass is 284 g/mol. The van der Waals surface area contributed by atoms with Gasteiger partial charge in [-0.2, -0.15) is 0 Å². The molecule has 1 aliphatic heterocycles. The van der Waals surface area contributed by atoms with Crippen LogP contribution in [-0.4, -0.2) is 54.4 Å². The molecule has 2 aliphatic rings. The van der Waals surface area contributed by atoms with Crippen molar-refractivity contribution >= 4 is 12.0 Å². The first-order valence-corrected chi connectivity index (χ1v) is 7.29. The van der Waals surface area contributed by atoms with Crippen LogP contribution < -0.4 is 5.32 Å². The smallest absolute Gasteiger partial charge is 0.317 e. The Labute approximate surface area is 119 Å². The van der Waals surface area contributed by atoms with E-state index in [2.05, 4.69) is 5.32 Å². The summed E-state index contributed by atoms with van der Waals surface area (Å²) in [5.74, 6) is -0.825. The first-order valence-electron chi connectivity index (χ1n) is 7.29. The summed E-state index contributed by atoms with van der Waals surface area (Å²) in [6, 6.07) is -0.271. The highest BCUT2D eigenvalue weighted by Crippen LogP contribution is 2.38. The number of rotatable bonds is 3. The molecule has 1 saturated carbocycles. The van der Waals surface area contributed by atoms with Gasteiger partial charge >= 0.3 is 12.0 Å². The highest BCUT2D eigenvalue weighted by atomic mass is 16.5. The van der Waals surface area contributed by atoms with Gasteiger partial charge in [-0.1, -0.05) is 6.42 Å².